The Balaban J connectivity index is 2.86. The zero-order chi connectivity index (χ0) is 6.41. The first-order valence-electron chi connectivity index (χ1n) is 3.06. The lowest BCUT2D eigenvalue weighted by molar-refractivity contribution is -0.109. The fourth-order valence-corrected chi connectivity index (χ4v) is 0.472. The molecule has 50 valence electrons. The van der Waals surface area contributed by atoms with Gasteiger partial charge in [0.25, 0.3) is 0 Å². The van der Waals surface area contributed by atoms with E-state index in [0.29, 0.717) is 0 Å². The molecule has 0 saturated carbocycles. The van der Waals surface area contributed by atoms with Crippen molar-refractivity contribution in [2.75, 3.05) is 20.7 Å². The number of nitrogens with zero attached hydrogens (tertiary/aromatic N) is 1. The Morgan fingerprint density at radius 2 is 2.12 bits per heavy atom. The van der Waals surface area contributed by atoms with Gasteiger partial charge >= 0.3 is 0 Å². The van der Waals surface area contributed by atoms with Gasteiger partial charge in [-0.15, -0.1) is 0 Å². The average molecular weight is 117 g/mol. The Bertz CT molecular complexity index is 47.8. The van der Waals surface area contributed by atoms with Gasteiger partial charge in [0.15, 0.2) is 0 Å². The van der Waals surface area contributed by atoms with Crippen molar-refractivity contribution < 1.29 is 4.84 Å². The summed E-state index contributed by atoms with van der Waals surface area (Å²) >= 11 is 0. The minimum atomic E-state index is 1.03. The average Bonchev–Trinajstić information content (AvgIpc) is 1.83. The fraction of sp³-hybridized carbons (Fsp3) is 1.00. The van der Waals surface area contributed by atoms with Crippen LogP contribution in [0.5, 0.6) is 0 Å². The molecule has 0 saturated heterocycles. The largest absolute Gasteiger partial charge is 0.303 e. The van der Waals surface area contributed by atoms with E-state index in [1.54, 1.807) is 7.11 Å². The molecular weight excluding hydrogens is 102 g/mol. The topological polar surface area (TPSA) is 12.5 Å². The lowest BCUT2D eigenvalue weighted by Crippen LogP contribution is -2.17. The zero-order valence-electron chi connectivity index (χ0n) is 5.98. The van der Waals surface area contributed by atoms with Crippen LogP contribution in [-0.4, -0.2) is 25.8 Å². The number of rotatable bonds is 4. The predicted octanol–water partition coefficient (Wildman–Crippen LogP) is 1.28. The third-order valence-electron chi connectivity index (χ3n) is 1.14. The van der Waals surface area contributed by atoms with Crippen molar-refractivity contribution >= 4 is 0 Å². The fourth-order valence-electron chi connectivity index (χ4n) is 0.472. The summed E-state index contributed by atoms with van der Waals surface area (Å²) in [5.41, 5.74) is 0. The SMILES string of the molecule is CCCCN(C)OC. The van der Waals surface area contributed by atoms with Crippen molar-refractivity contribution in [2.45, 2.75) is 19.8 Å². The molecule has 0 unspecified atom stereocenters. The van der Waals surface area contributed by atoms with Crippen molar-refractivity contribution in [3.05, 3.63) is 0 Å². The number of hydroxylamine groups is 2. The first-order valence-corrected chi connectivity index (χ1v) is 3.06. The van der Waals surface area contributed by atoms with Gasteiger partial charge in [0.2, 0.25) is 0 Å². The van der Waals surface area contributed by atoms with Crippen LogP contribution in [0.3, 0.4) is 0 Å². The van der Waals surface area contributed by atoms with Gasteiger partial charge in [-0.2, -0.15) is 5.06 Å². The van der Waals surface area contributed by atoms with E-state index in [4.69, 9.17) is 4.84 Å². The van der Waals surface area contributed by atoms with Crippen molar-refractivity contribution in [1.82, 2.24) is 5.06 Å². The van der Waals surface area contributed by atoms with Crippen LogP contribution in [0.4, 0.5) is 0 Å². The molecule has 0 aromatic carbocycles. The summed E-state index contributed by atoms with van der Waals surface area (Å²) in [5.74, 6) is 0. The summed E-state index contributed by atoms with van der Waals surface area (Å²) in [6.07, 6.45) is 2.44. The summed E-state index contributed by atoms with van der Waals surface area (Å²) in [4.78, 5) is 4.89. The highest BCUT2D eigenvalue weighted by atomic mass is 16.7. The Kier molecular flexibility index (Phi) is 5.01. The molecule has 0 heterocycles. The third kappa shape index (κ3) is 4.09. The van der Waals surface area contributed by atoms with E-state index in [0.717, 1.165) is 6.54 Å². The van der Waals surface area contributed by atoms with E-state index < -0.39 is 0 Å². The molecule has 0 aromatic rings. The molecule has 2 nitrogen and oxygen atoms in total. The van der Waals surface area contributed by atoms with Gasteiger partial charge in [0.05, 0.1) is 7.11 Å². The molecule has 0 aliphatic rings. The maximum atomic E-state index is 4.89. The van der Waals surface area contributed by atoms with Gasteiger partial charge in [-0.25, -0.2) is 0 Å². The van der Waals surface area contributed by atoms with Crippen molar-refractivity contribution in [2.24, 2.45) is 0 Å². The molecular formula is C6H15NO. The first-order chi connectivity index (χ1) is 3.81. The predicted molar refractivity (Wildman–Crippen MR) is 34.5 cm³/mol. The molecule has 0 radical (unpaired) electrons. The molecule has 0 N–H and O–H groups in total. The van der Waals surface area contributed by atoms with Crippen LogP contribution in [0.2, 0.25) is 0 Å². The summed E-state index contributed by atoms with van der Waals surface area (Å²) in [7, 11) is 3.63. The summed E-state index contributed by atoms with van der Waals surface area (Å²) in [5, 5.41) is 1.84. The molecule has 0 atom stereocenters. The maximum Gasteiger partial charge on any atom is 0.0575 e. The highest BCUT2D eigenvalue weighted by molar-refractivity contribution is 4.35. The number of hydrogen-bond donors (Lipinski definition) is 0. The second kappa shape index (κ2) is 5.06. The monoisotopic (exact) mass is 117 g/mol. The van der Waals surface area contributed by atoms with E-state index in [9.17, 15) is 0 Å². The first kappa shape index (κ1) is 7.92. The molecule has 0 rings (SSSR count). The Hall–Kier alpha value is -0.0800. The molecule has 8 heavy (non-hydrogen) atoms. The van der Waals surface area contributed by atoms with E-state index >= 15 is 0 Å². The Labute approximate surface area is 51.4 Å². The van der Waals surface area contributed by atoms with Crippen molar-refractivity contribution in [3.63, 3.8) is 0 Å². The summed E-state index contributed by atoms with van der Waals surface area (Å²) < 4.78 is 0. The normalized spacial score (nSPS) is 10.5. The molecule has 0 aliphatic heterocycles. The molecule has 0 fully saturated rings. The lowest BCUT2D eigenvalue weighted by atomic mass is 10.3. The molecule has 0 aliphatic carbocycles. The summed E-state index contributed by atoms with van der Waals surface area (Å²) in [6.45, 7) is 3.20. The molecule has 2 heteroatoms. The highest BCUT2D eigenvalue weighted by Crippen LogP contribution is 1.89. The van der Waals surface area contributed by atoms with E-state index in [-0.39, 0.29) is 0 Å². The van der Waals surface area contributed by atoms with Gasteiger partial charge in [0, 0.05) is 13.6 Å². The number of hydrogen-bond acceptors (Lipinski definition) is 2. The van der Waals surface area contributed by atoms with Crippen LogP contribution >= 0.6 is 0 Å². The lowest BCUT2D eigenvalue weighted by Gasteiger charge is -2.11. The van der Waals surface area contributed by atoms with E-state index in [2.05, 4.69) is 6.92 Å². The van der Waals surface area contributed by atoms with Gasteiger partial charge in [0.1, 0.15) is 0 Å². The molecule has 0 amide bonds. The Morgan fingerprint density at radius 3 is 2.50 bits per heavy atom. The van der Waals surface area contributed by atoms with Crippen LogP contribution in [0.25, 0.3) is 0 Å². The van der Waals surface area contributed by atoms with Crippen LogP contribution in [-0.2, 0) is 4.84 Å². The van der Waals surface area contributed by atoms with Gasteiger partial charge in [-0.3, -0.25) is 0 Å². The Morgan fingerprint density at radius 1 is 1.50 bits per heavy atom. The molecule has 0 bridgehead atoms. The van der Waals surface area contributed by atoms with Crippen LogP contribution in [0, 0.1) is 0 Å². The van der Waals surface area contributed by atoms with Crippen molar-refractivity contribution in [3.8, 4) is 0 Å². The van der Waals surface area contributed by atoms with Crippen molar-refractivity contribution in [1.29, 1.82) is 0 Å². The van der Waals surface area contributed by atoms with Gasteiger partial charge < -0.3 is 4.84 Å². The molecule has 0 spiro atoms. The summed E-state index contributed by atoms with van der Waals surface area (Å²) in [6, 6.07) is 0. The van der Waals surface area contributed by atoms with Crippen LogP contribution in [0.1, 0.15) is 19.8 Å². The third-order valence-corrected chi connectivity index (χ3v) is 1.14. The van der Waals surface area contributed by atoms with Crippen LogP contribution in [0.15, 0.2) is 0 Å². The second-order valence-electron chi connectivity index (χ2n) is 1.89. The van der Waals surface area contributed by atoms with E-state index in [1.165, 1.54) is 12.8 Å². The zero-order valence-corrected chi connectivity index (χ0v) is 5.98. The minimum absolute atomic E-state index is 1.03. The smallest absolute Gasteiger partial charge is 0.0575 e. The molecule has 0 aromatic heterocycles. The van der Waals surface area contributed by atoms with Gasteiger partial charge in [-0.1, -0.05) is 13.3 Å². The second-order valence-corrected chi connectivity index (χ2v) is 1.89. The maximum absolute atomic E-state index is 4.89. The minimum Gasteiger partial charge on any atom is -0.303 e. The van der Waals surface area contributed by atoms with E-state index in [1.807, 2.05) is 12.1 Å². The highest BCUT2D eigenvalue weighted by Gasteiger charge is 1.90. The standard InChI is InChI=1S/C6H15NO/c1-4-5-6-7(2)8-3/h4-6H2,1-3H3. The number of unbranched alkanes of at least 4 members (excludes halogenated alkanes) is 1. The van der Waals surface area contributed by atoms with Gasteiger partial charge in [-0.05, 0) is 6.42 Å². The van der Waals surface area contributed by atoms with Crippen LogP contribution < -0.4 is 0 Å². The quantitative estimate of drug-likeness (QED) is 0.514.